The lowest BCUT2D eigenvalue weighted by atomic mass is 9.96. The standard InChI is InChI=1S/C24H33FN4O3S/c1-23(2,3)12-26-22(30)16-8-15-10-20-18(11-19(28-29-20)14-6-7-14)21(17(15)9-16)33(31,32)27-13-24(4,5)25/h10-11,14,16,27H,6-9,12-13H2,1-5H3,(H,26,30). The van der Waals surface area contributed by atoms with E-state index < -0.39 is 15.7 Å². The number of benzene rings is 1. The first-order valence-corrected chi connectivity index (χ1v) is 13.0. The number of carbonyl (C=O) groups excluding carboxylic acids is 1. The molecule has 9 heteroatoms. The molecule has 1 atom stereocenters. The number of nitrogens with zero attached hydrogens (tertiary/aromatic N) is 2. The smallest absolute Gasteiger partial charge is 0.241 e. The number of rotatable bonds is 7. The van der Waals surface area contributed by atoms with E-state index in [1.54, 1.807) is 0 Å². The van der Waals surface area contributed by atoms with Crippen molar-refractivity contribution >= 4 is 26.8 Å². The van der Waals surface area contributed by atoms with Crippen molar-refractivity contribution in [1.82, 2.24) is 20.2 Å². The molecule has 0 aliphatic heterocycles. The molecule has 2 aromatic rings. The van der Waals surface area contributed by atoms with Crippen molar-refractivity contribution in [1.29, 1.82) is 0 Å². The SMILES string of the molecule is CC(C)(C)CNC(=O)C1Cc2cc3nnc(C4CC4)cc3c(S(=O)(=O)NCC(C)(C)F)c2C1. The summed E-state index contributed by atoms with van der Waals surface area (Å²) in [7, 11) is -4.04. The number of hydrogen-bond donors (Lipinski definition) is 2. The largest absolute Gasteiger partial charge is 0.355 e. The van der Waals surface area contributed by atoms with Gasteiger partial charge in [0.05, 0.1) is 16.1 Å². The van der Waals surface area contributed by atoms with Crippen LogP contribution in [-0.2, 0) is 27.7 Å². The van der Waals surface area contributed by atoms with E-state index in [0.717, 1.165) is 24.1 Å². The van der Waals surface area contributed by atoms with E-state index in [1.165, 1.54) is 13.8 Å². The van der Waals surface area contributed by atoms with E-state index in [9.17, 15) is 17.6 Å². The predicted octanol–water partition coefficient (Wildman–Crippen LogP) is 3.41. The van der Waals surface area contributed by atoms with E-state index in [4.69, 9.17) is 0 Å². The number of hydrogen-bond acceptors (Lipinski definition) is 5. The van der Waals surface area contributed by atoms with Crippen LogP contribution in [0.15, 0.2) is 17.0 Å². The maximum atomic E-state index is 14.1. The van der Waals surface area contributed by atoms with Gasteiger partial charge in [0.25, 0.3) is 0 Å². The van der Waals surface area contributed by atoms with E-state index in [2.05, 4.69) is 20.2 Å². The third-order valence-electron chi connectivity index (χ3n) is 6.09. The molecule has 1 unspecified atom stereocenters. The Morgan fingerprint density at radius 3 is 2.39 bits per heavy atom. The van der Waals surface area contributed by atoms with Crippen LogP contribution in [0.4, 0.5) is 4.39 Å². The lowest BCUT2D eigenvalue weighted by molar-refractivity contribution is -0.125. The number of aromatic nitrogens is 2. The van der Waals surface area contributed by atoms with Gasteiger partial charge in [-0.25, -0.2) is 17.5 Å². The van der Waals surface area contributed by atoms with Crippen molar-refractivity contribution in [2.45, 2.75) is 76.8 Å². The third-order valence-corrected chi connectivity index (χ3v) is 7.61. The number of carbonyl (C=O) groups is 1. The molecule has 0 radical (unpaired) electrons. The van der Waals surface area contributed by atoms with Crippen LogP contribution in [0, 0.1) is 11.3 Å². The van der Waals surface area contributed by atoms with Gasteiger partial charge in [-0.1, -0.05) is 20.8 Å². The van der Waals surface area contributed by atoms with Crippen molar-refractivity contribution < 1.29 is 17.6 Å². The van der Waals surface area contributed by atoms with Crippen LogP contribution < -0.4 is 10.0 Å². The first-order chi connectivity index (χ1) is 15.2. The zero-order valence-electron chi connectivity index (χ0n) is 20.0. The average Bonchev–Trinajstić information content (AvgIpc) is 3.46. The second kappa shape index (κ2) is 8.27. The van der Waals surface area contributed by atoms with Gasteiger partial charge in [0.1, 0.15) is 5.67 Å². The van der Waals surface area contributed by atoms with Crippen LogP contribution in [0.2, 0.25) is 0 Å². The number of alkyl halides is 1. The maximum absolute atomic E-state index is 14.1. The van der Waals surface area contributed by atoms with Gasteiger partial charge >= 0.3 is 0 Å². The summed E-state index contributed by atoms with van der Waals surface area (Å²) in [6.07, 6.45) is 2.77. The fraction of sp³-hybridized carbons (Fsp3) is 0.625. The average molecular weight is 477 g/mol. The molecule has 2 aliphatic rings. The van der Waals surface area contributed by atoms with E-state index in [1.807, 2.05) is 32.9 Å². The van der Waals surface area contributed by atoms with Gasteiger partial charge in [-0.2, -0.15) is 10.2 Å². The van der Waals surface area contributed by atoms with E-state index in [0.29, 0.717) is 41.8 Å². The Labute approximate surface area is 195 Å². The fourth-order valence-electron chi connectivity index (χ4n) is 4.16. The maximum Gasteiger partial charge on any atom is 0.241 e. The second-order valence-corrected chi connectivity index (χ2v) is 13.0. The molecule has 4 rings (SSSR count). The summed E-state index contributed by atoms with van der Waals surface area (Å²) in [4.78, 5) is 13.0. The van der Waals surface area contributed by atoms with Gasteiger partial charge in [0, 0.05) is 30.3 Å². The topological polar surface area (TPSA) is 101 Å². The summed E-state index contributed by atoms with van der Waals surface area (Å²) >= 11 is 0. The number of sulfonamides is 1. The number of halogens is 1. The molecule has 2 N–H and O–H groups in total. The Hall–Kier alpha value is -2.13. The summed E-state index contributed by atoms with van der Waals surface area (Å²) in [6, 6.07) is 3.66. The molecule has 180 valence electrons. The fourth-order valence-corrected chi connectivity index (χ4v) is 5.83. The van der Waals surface area contributed by atoms with Crippen LogP contribution >= 0.6 is 0 Å². The number of fused-ring (bicyclic) bond motifs is 2. The molecule has 0 spiro atoms. The Morgan fingerprint density at radius 1 is 1.09 bits per heavy atom. The molecule has 1 aromatic heterocycles. The highest BCUT2D eigenvalue weighted by Gasteiger charge is 2.36. The van der Waals surface area contributed by atoms with Gasteiger partial charge in [-0.15, -0.1) is 0 Å². The number of nitrogens with one attached hydrogen (secondary N) is 2. The van der Waals surface area contributed by atoms with Gasteiger partial charge in [0.2, 0.25) is 15.9 Å². The third kappa shape index (κ3) is 5.51. The highest BCUT2D eigenvalue weighted by molar-refractivity contribution is 7.89. The minimum absolute atomic E-state index is 0.0534. The number of amides is 1. The zero-order chi connectivity index (χ0) is 24.2. The molecule has 1 aromatic carbocycles. The van der Waals surface area contributed by atoms with Crippen molar-refractivity contribution in [3.63, 3.8) is 0 Å². The molecule has 1 heterocycles. The highest BCUT2D eigenvalue weighted by Crippen LogP contribution is 2.42. The van der Waals surface area contributed by atoms with Gasteiger partial charge < -0.3 is 5.32 Å². The van der Waals surface area contributed by atoms with Crippen molar-refractivity contribution in [2.24, 2.45) is 11.3 Å². The Bertz CT molecular complexity index is 1190. The molecule has 0 saturated heterocycles. The lowest BCUT2D eigenvalue weighted by Crippen LogP contribution is -2.37. The molecular weight excluding hydrogens is 443 g/mol. The highest BCUT2D eigenvalue weighted by atomic mass is 32.2. The van der Waals surface area contributed by atoms with Crippen molar-refractivity contribution in [2.75, 3.05) is 13.1 Å². The molecule has 7 nitrogen and oxygen atoms in total. The molecule has 33 heavy (non-hydrogen) atoms. The molecule has 1 fully saturated rings. The van der Waals surface area contributed by atoms with Crippen molar-refractivity contribution in [3.8, 4) is 0 Å². The zero-order valence-corrected chi connectivity index (χ0v) is 20.8. The van der Waals surface area contributed by atoms with Gasteiger partial charge in [-0.05, 0) is 68.2 Å². The first-order valence-electron chi connectivity index (χ1n) is 11.5. The van der Waals surface area contributed by atoms with E-state index in [-0.39, 0.29) is 28.7 Å². The Balaban J connectivity index is 1.75. The summed E-state index contributed by atoms with van der Waals surface area (Å²) in [5, 5.41) is 12.1. The normalized spacial score (nSPS) is 19.0. The Kier molecular flexibility index (Phi) is 6.02. The summed E-state index contributed by atoms with van der Waals surface area (Å²) < 4.78 is 43.5. The minimum atomic E-state index is -4.04. The monoisotopic (exact) mass is 476 g/mol. The van der Waals surface area contributed by atoms with Crippen LogP contribution in [0.5, 0.6) is 0 Å². The van der Waals surface area contributed by atoms with Crippen LogP contribution in [0.3, 0.4) is 0 Å². The molecular formula is C24H33FN4O3S. The van der Waals surface area contributed by atoms with Crippen molar-refractivity contribution in [3.05, 3.63) is 29.0 Å². The molecule has 1 amide bonds. The van der Waals surface area contributed by atoms with E-state index >= 15 is 0 Å². The second-order valence-electron chi connectivity index (χ2n) is 11.2. The van der Waals surface area contributed by atoms with Crippen LogP contribution in [-0.4, -0.2) is 43.3 Å². The lowest BCUT2D eigenvalue weighted by Gasteiger charge is -2.20. The Morgan fingerprint density at radius 2 is 1.79 bits per heavy atom. The summed E-state index contributed by atoms with van der Waals surface area (Å²) in [5.41, 5.74) is 0.914. The minimum Gasteiger partial charge on any atom is -0.355 e. The van der Waals surface area contributed by atoms with Crippen LogP contribution in [0.1, 0.15) is 70.2 Å². The predicted molar refractivity (Wildman–Crippen MR) is 125 cm³/mol. The van der Waals surface area contributed by atoms with Crippen LogP contribution in [0.25, 0.3) is 10.9 Å². The molecule has 2 aliphatic carbocycles. The van der Waals surface area contributed by atoms with Gasteiger partial charge in [0.15, 0.2) is 0 Å². The first kappa shape index (κ1) is 24.0. The summed E-state index contributed by atoms with van der Waals surface area (Å²) in [5.74, 6) is -0.142. The molecule has 1 saturated carbocycles. The molecule has 0 bridgehead atoms. The summed E-state index contributed by atoms with van der Waals surface area (Å²) in [6.45, 7) is 8.98. The van der Waals surface area contributed by atoms with Gasteiger partial charge in [-0.3, -0.25) is 4.79 Å². The quantitative estimate of drug-likeness (QED) is 0.638.